The quantitative estimate of drug-likeness (QED) is 0.456. The summed E-state index contributed by atoms with van der Waals surface area (Å²) in [6, 6.07) is 5.13. The fraction of sp³-hybridized carbons (Fsp3) is 0.462. The van der Waals surface area contributed by atoms with Crippen LogP contribution in [0.2, 0.25) is 0 Å². The molecule has 186 valence electrons. The number of hydrogen-bond donors (Lipinski definition) is 3. The predicted molar refractivity (Wildman–Crippen MR) is 125 cm³/mol. The van der Waals surface area contributed by atoms with Crippen molar-refractivity contribution in [1.82, 2.24) is 9.97 Å². The van der Waals surface area contributed by atoms with Crippen molar-refractivity contribution in [2.75, 3.05) is 11.9 Å². The van der Waals surface area contributed by atoms with E-state index >= 15 is 0 Å². The maximum absolute atomic E-state index is 14.8. The normalized spacial score (nSPS) is 22.8. The Hall–Kier alpha value is -2.91. The van der Waals surface area contributed by atoms with Crippen molar-refractivity contribution >= 4 is 16.7 Å². The zero-order chi connectivity index (χ0) is 24.9. The first-order chi connectivity index (χ1) is 16.7. The standard InChI is InChI=1S/C26H28F3N3O3/c1-13(16-4-3-5-17(21(16)27)24(28)29)30-25-19-12-20(26(34)9-6-15(33)7-10-26)23-18(8-11-35-23)22(19)31-14(2)32-25/h3-5,12-13,15,24,33-34H,6-11H2,1-2H3,(H,30,31,32)/t13-,15-,26+/m1/s1. The van der Waals surface area contributed by atoms with Crippen LogP contribution in [0, 0.1) is 12.7 Å². The van der Waals surface area contributed by atoms with Gasteiger partial charge in [-0.3, -0.25) is 0 Å². The van der Waals surface area contributed by atoms with Gasteiger partial charge in [0.25, 0.3) is 6.43 Å². The summed E-state index contributed by atoms with van der Waals surface area (Å²) in [5, 5.41) is 25.3. The molecule has 35 heavy (non-hydrogen) atoms. The highest BCUT2D eigenvalue weighted by Gasteiger charge is 2.39. The summed E-state index contributed by atoms with van der Waals surface area (Å²) in [5.41, 5.74) is 0.510. The first kappa shape index (κ1) is 23.8. The van der Waals surface area contributed by atoms with E-state index in [0.717, 1.165) is 11.6 Å². The number of halogens is 3. The smallest absolute Gasteiger partial charge is 0.266 e. The van der Waals surface area contributed by atoms with Crippen LogP contribution in [0.5, 0.6) is 5.75 Å². The van der Waals surface area contributed by atoms with E-state index in [1.54, 1.807) is 13.8 Å². The van der Waals surface area contributed by atoms with Crippen LogP contribution in [-0.4, -0.2) is 32.9 Å². The molecule has 9 heteroatoms. The van der Waals surface area contributed by atoms with Crippen molar-refractivity contribution in [3.8, 4) is 5.75 Å². The molecule has 0 unspecified atom stereocenters. The molecule has 0 saturated heterocycles. The minimum absolute atomic E-state index is 0.108. The van der Waals surface area contributed by atoms with Crippen LogP contribution in [0.25, 0.3) is 10.9 Å². The summed E-state index contributed by atoms with van der Waals surface area (Å²) in [6.07, 6.45) is -0.975. The van der Waals surface area contributed by atoms with Gasteiger partial charge in [0, 0.05) is 28.5 Å². The number of anilines is 1. The number of ether oxygens (including phenoxy) is 1. The van der Waals surface area contributed by atoms with Crippen LogP contribution in [-0.2, 0) is 12.0 Å². The largest absolute Gasteiger partial charge is 0.492 e. The second-order valence-corrected chi connectivity index (χ2v) is 9.53. The van der Waals surface area contributed by atoms with E-state index < -0.39 is 35.6 Å². The lowest BCUT2D eigenvalue weighted by Crippen LogP contribution is -2.33. The average Bonchev–Trinajstić information content (AvgIpc) is 3.31. The Morgan fingerprint density at radius 2 is 1.89 bits per heavy atom. The van der Waals surface area contributed by atoms with Gasteiger partial charge in [-0.2, -0.15) is 0 Å². The zero-order valence-electron chi connectivity index (χ0n) is 19.6. The van der Waals surface area contributed by atoms with Crippen LogP contribution in [0.1, 0.15) is 73.2 Å². The van der Waals surface area contributed by atoms with E-state index in [1.807, 2.05) is 6.07 Å². The molecule has 1 aliphatic carbocycles. The number of nitrogens with zero attached hydrogens (tertiary/aromatic N) is 2. The van der Waals surface area contributed by atoms with Gasteiger partial charge in [-0.25, -0.2) is 23.1 Å². The van der Waals surface area contributed by atoms with Gasteiger partial charge in [0.2, 0.25) is 0 Å². The third-order valence-electron chi connectivity index (χ3n) is 7.15. The van der Waals surface area contributed by atoms with Gasteiger partial charge in [0.15, 0.2) is 0 Å². The Morgan fingerprint density at radius 3 is 2.60 bits per heavy atom. The van der Waals surface area contributed by atoms with Gasteiger partial charge in [-0.15, -0.1) is 0 Å². The molecule has 5 rings (SSSR count). The van der Waals surface area contributed by atoms with Gasteiger partial charge < -0.3 is 20.3 Å². The molecule has 1 saturated carbocycles. The number of fused-ring (bicyclic) bond motifs is 3. The van der Waals surface area contributed by atoms with E-state index in [1.165, 1.54) is 12.1 Å². The number of rotatable bonds is 5. The lowest BCUT2D eigenvalue weighted by atomic mass is 9.77. The van der Waals surface area contributed by atoms with Crippen molar-refractivity contribution in [3.05, 3.63) is 58.2 Å². The van der Waals surface area contributed by atoms with Crippen LogP contribution in [0.15, 0.2) is 24.3 Å². The highest BCUT2D eigenvalue weighted by molar-refractivity contribution is 5.94. The Labute approximate surface area is 201 Å². The minimum atomic E-state index is -2.91. The molecule has 0 amide bonds. The third-order valence-corrected chi connectivity index (χ3v) is 7.15. The van der Waals surface area contributed by atoms with Gasteiger partial charge in [-0.05, 0) is 45.6 Å². The Bertz CT molecular complexity index is 1280. The molecule has 0 bridgehead atoms. The van der Waals surface area contributed by atoms with Crippen molar-refractivity contribution in [2.24, 2.45) is 0 Å². The van der Waals surface area contributed by atoms with E-state index in [4.69, 9.17) is 4.74 Å². The number of hydrogen-bond acceptors (Lipinski definition) is 6. The van der Waals surface area contributed by atoms with Crippen LogP contribution in [0.4, 0.5) is 19.0 Å². The van der Waals surface area contributed by atoms with Gasteiger partial charge in [-0.1, -0.05) is 18.2 Å². The minimum Gasteiger partial charge on any atom is -0.492 e. The molecular weight excluding hydrogens is 459 g/mol. The molecule has 0 spiro atoms. The summed E-state index contributed by atoms with van der Waals surface area (Å²) in [7, 11) is 0. The molecular formula is C26H28F3N3O3. The highest BCUT2D eigenvalue weighted by Crippen LogP contribution is 2.47. The van der Waals surface area contributed by atoms with Gasteiger partial charge in [0.1, 0.15) is 23.2 Å². The average molecular weight is 488 g/mol. The molecule has 1 aromatic heterocycles. The summed E-state index contributed by atoms with van der Waals surface area (Å²) in [4.78, 5) is 9.18. The molecule has 1 atom stereocenters. The molecule has 0 radical (unpaired) electrons. The van der Waals surface area contributed by atoms with Crippen molar-refractivity contribution in [2.45, 2.75) is 70.1 Å². The number of benzene rings is 2. The highest BCUT2D eigenvalue weighted by atomic mass is 19.3. The maximum Gasteiger partial charge on any atom is 0.266 e. The SMILES string of the molecule is Cc1nc(N[C@H](C)c2cccc(C(F)F)c2F)c2cc([C@]3(O)CC[C@@H](O)CC3)c3c(c2n1)CCO3. The molecule has 1 aliphatic heterocycles. The molecule has 3 N–H and O–H groups in total. The zero-order valence-corrected chi connectivity index (χ0v) is 19.6. The summed E-state index contributed by atoms with van der Waals surface area (Å²) >= 11 is 0. The molecule has 2 aliphatic rings. The van der Waals surface area contributed by atoms with Crippen LogP contribution < -0.4 is 10.1 Å². The summed E-state index contributed by atoms with van der Waals surface area (Å²) in [5.74, 6) is 0.611. The molecule has 1 fully saturated rings. The lowest BCUT2D eigenvalue weighted by Gasteiger charge is -2.35. The number of nitrogens with one attached hydrogen (secondary N) is 1. The van der Waals surface area contributed by atoms with Crippen molar-refractivity contribution < 1.29 is 28.1 Å². The van der Waals surface area contributed by atoms with Crippen LogP contribution in [0.3, 0.4) is 0 Å². The first-order valence-corrected chi connectivity index (χ1v) is 11.9. The molecule has 3 aromatic rings. The third kappa shape index (κ3) is 4.21. The monoisotopic (exact) mass is 487 g/mol. The topological polar surface area (TPSA) is 87.5 Å². The fourth-order valence-corrected chi connectivity index (χ4v) is 5.24. The van der Waals surface area contributed by atoms with E-state index in [9.17, 15) is 23.4 Å². The number of aliphatic hydroxyl groups is 2. The van der Waals surface area contributed by atoms with E-state index in [-0.39, 0.29) is 5.56 Å². The second kappa shape index (κ2) is 8.95. The maximum atomic E-state index is 14.8. The molecule has 2 heterocycles. The predicted octanol–water partition coefficient (Wildman–Crippen LogP) is 5.25. The molecule has 2 aromatic carbocycles. The number of aromatic nitrogens is 2. The van der Waals surface area contributed by atoms with Gasteiger partial charge >= 0.3 is 0 Å². The number of alkyl halides is 2. The Kier molecular flexibility index (Phi) is 6.09. The number of aliphatic hydroxyl groups excluding tert-OH is 1. The number of aryl methyl sites for hydroxylation is 1. The van der Waals surface area contributed by atoms with Crippen molar-refractivity contribution in [1.29, 1.82) is 0 Å². The summed E-state index contributed by atoms with van der Waals surface area (Å²) < 4.78 is 47.2. The summed E-state index contributed by atoms with van der Waals surface area (Å²) in [6.45, 7) is 3.90. The Balaban J connectivity index is 1.61. The fourth-order valence-electron chi connectivity index (χ4n) is 5.24. The van der Waals surface area contributed by atoms with E-state index in [2.05, 4.69) is 15.3 Å². The van der Waals surface area contributed by atoms with Crippen molar-refractivity contribution in [3.63, 3.8) is 0 Å². The van der Waals surface area contributed by atoms with E-state index in [0.29, 0.717) is 72.6 Å². The first-order valence-electron chi connectivity index (χ1n) is 11.9. The Morgan fingerprint density at radius 1 is 1.17 bits per heavy atom. The van der Waals surface area contributed by atoms with Crippen LogP contribution >= 0.6 is 0 Å². The lowest BCUT2D eigenvalue weighted by molar-refractivity contribution is -0.0373. The second-order valence-electron chi connectivity index (χ2n) is 9.53. The molecule has 6 nitrogen and oxygen atoms in total. The van der Waals surface area contributed by atoms with Gasteiger partial charge in [0.05, 0.1) is 35.4 Å².